The number of nitrogens with zero attached hydrogens (tertiary/aromatic N) is 2. The van der Waals surface area contributed by atoms with Crippen molar-refractivity contribution in [1.82, 2.24) is 10.2 Å². The Hall–Kier alpha value is -2.26. The molecule has 2 aliphatic heterocycles. The first-order chi connectivity index (χ1) is 15.8. The summed E-state index contributed by atoms with van der Waals surface area (Å²) < 4.78 is 11.7. The lowest BCUT2D eigenvalue weighted by Crippen LogP contribution is -2.50. The molecule has 9 nitrogen and oxygen atoms in total. The number of ether oxygens (including phenoxy) is 2. The summed E-state index contributed by atoms with van der Waals surface area (Å²) in [7, 11) is 1.77. The number of hydrogen-bond acceptors (Lipinski definition) is 6. The minimum Gasteiger partial charge on any atom is -0.481 e. The van der Waals surface area contributed by atoms with Gasteiger partial charge in [-0.25, -0.2) is 0 Å². The standard InChI is InChI=1S/C24H37N3O6/c1-24(10-4-11-25-16-24)22-19(15-20(28)27(22)2)23(31)26-12-14-33-18-8-6-17(7-9-18)32-13-3-5-21(29)30/h4,10-11,17-19,22H,3,5-9,12-16H2,1-2H3,(H,26,31)(H,29,30)/t17?,18?,19?,22-,24?/m0/s1. The monoisotopic (exact) mass is 463 g/mol. The average molecular weight is 464 g/mol. The molecule has 2 N–H and O–H groups in total. The Labute approximate surface area is 195 Å². The first kappa shape index (κ1) is 25.4. The molecule has 2 amide bonds. The van der Waals surface area contributed by atoms with Gasteiger partial charge < -0.3 is 24.8 Å². The van der Waals surface area contributed by atoms with E-state index in [0.29, 0.717) is 32.7 Å². The zero-order valence-corrected chi connectivity index (χ0v) is 19.7. The number of dihydropyridines is 1. The van der Waals surface area contributed by atoms with Gasteiger partial charge in [0.2, 0.25) is 11.8 Å². The van der Waals surface area contributed by atoms with E-state index in [1.54, 1.807) is 18.2 Å². The maximum absolute atomic E-state index is 12.9. The van der Waals surface area contributed by atoms with Crippen molar-refractivity contribution in [1.29, 1.82) is 0 Å². The van der Waals surface area contributed by atoms with Gasteiger partial charge in [-0.3, -0.25) is 19.4 Å². The molecule has 0 aromatic carbocycles. The molecule has 0 bridgehead atoms. The van der Waals surface area contributed by atoms with Crippen LogP contribution in [0.1, 0.15) is 51.9 Å². The second-order valence-electron chi connectivity index (χ2n) is 9.54. The Morgan fingerprint density at radius 3 is 2.48 bits per heavy atom. The van der Waals surface area contributed by atoms with Crippen LogP contribution < -0.4 is 5.32 Å². The first-order valence-electron chi connectivity index (χ1n) is 12.0. The Balaban J connectivity index is 1.36. The number of carboxylic acid groups (broad SMARTS) is 1. The average Bonchev–Trinajstić information content (AvgIpc) is 3.10. The zero-order chi connectivity index (χ0) is 23.8. The van der Waals surface area contributed by atoms with E-state index < -0.39 is 11.9 Å². The van der Waals surface area contributed by atoms with Crippen LogP contribution in [0.4, 0.5) is 0 Å². The molecular weight excluding hydrogens is 426 g/mol. The van der Waals surface area contributed by atoms with Crippen molar-refractivity contribution in [3.63, 3.8) is 0 Å². The highest BCUT2D eigenvalue weighted by atomic mass is 16.5. The van der Waals surface area contributed by atoms with Gasteiger partial charge in [-0.2, -0.15) is 0 Å². The van der Waals surface area contributed by atoms with Gasteiger partial charge in [-0.1, -0.05) is 13.0 Å². The predicted octanol–water partition coefficient (Wildman–Crippen LogP) is 1.81. The molecule has 3 rings (SSSR count). The number of hydrogen-bond donors (Lipinski definition) is 2. The van der Waals surface area contributed by atoms with E-state index in [-0.39, 0.29) is 48.3 Å². The van der Waals surface area contributed by atoms with Crippen molar-refractivity contribution in [3.05, 3.63) is 12.2 Å². The summed E-state index contributed by atoms with van der Waals surface area (Å²) in [5, 5.41) is 11.6. The summed E-state index contributed by atoms with van der Waals surface area (Å²) in [6.07, 6.45) is 10.5. The number of allylic oxidation sites excluding steroid dienone is 1. The molecule has 33 heavy (non-hydrogen) atoms. The molecule has 1 saturated heterocycles. The SMILES string of the molecule is CN1C(=O)CC(C(=O)NCCOC2CCC(OCCCC(=O)O)CC2)[C@H]1C1(C)C=CC=NC1. The van der Waals surface area contributed by atoms with Crippen LogP contribution in [-0.2, 0) is 23.9 Å². The van der Waals surface area contributed by atoms with Crippen LogP contribution in [0, 0.1) is 11.3 Å². The van der Waals surface area contributed by atoms with Crippen LogP contribution in [-0.4, -0.2) is 85.6 Å². The fourth-order valence-corrected chi connectivity index (χ4v) is 5.19. The topological polar surface area (TPSA) is 118 Å². The van der Waals surface area contributed by atoms with Crippen molar-refractivity contribution >= 4 is 24.0 Å². The van der Waals surface area contributed by atoms with Crippen molar-refractivity contribution in [2.75, 3.05) is 33.4 Å². The number of carboxylic acids is 1. The molecule has 3 atom stereocenters. The van der Waals surface area contributed by atoms with Crippen molar-refractivity contribution in [3.8, 4) is 0 Å². The molecule has 184 valence electrons. The van der Waals surface area contributed by atoms with Crippen molar-refractivity contribution in [2.45, 2.75) is 70.1 Å². The Bertz CT molecular complexity index is 761. The minimum atomic E-state index is -0.793. The molecule has 3 aliphatic rings. The molecule has 1 aliphatic carbocycles. The summed E-state index contributed by atoms with van der Waals surface area (Å²) >= 11 is 0. The number of amides is 2. The molecular formula is C24H37N3O6. The summed E-state index contributed by atoms with van der Waals surface area (Å²) in [4.78, 5) is 41.9. The van der Waals surface area contributed by atoms with Crippen LogP contribution in [0.5, 0.6) is 0 Å². The van der Waals surface area contributed by atoms with Gasteiger partial charge in [0.05, 0.1) is 30.8 Å². The highest BCUT2D eigenvalue weighted by molar-refractivity contribution is 5.90. The van der Waals surface area contributed by atoms with Crippen LogP contribution in [0.15, 0.2) is 17.1 Å². The smallest absolute Gasteiger partial charge is 0.303 e. The fourth-order valence-electron chi connectivity index (χ4n) is 5.19. The van der Waals surface area contributed by atoms with Crippen molar-refractivity contribution < 1.29 is 29.0 Å². The number of likely N-dealkylation sites (tertiary alicyclic amines) is 1. The first-order valence-corrected chi connectivity index (χ1v) is 12.0. The number of nitrogens with one attached hydrogen (secondary N) is 1. The van der Waals surface area contributed by atoms with Gasteiger partial charge in [0, 0.05) is 51.2 Å². The van der Waals surface area contributed by atoms with E-state index in [1.807, 2.05) is 6.08 Å². The van der Waals surface area contributed by atoms with Gasteiger partial charge in [0.15, 0.2) is 0 Å². The molecule has 0 spiro atoms. The number of aliphatic imine (C=N–C) groups is 1. The Kier molecular flexibility index (Phi) is 9.02. The normalized spacial score (nSPS) is 31.7. The van der Waals surface area contributed by atoms with Crippen molar-refractivity contribution in [2.24, 2.45) is 16.3 Å². The maximum Gasteiger partial charge on any atom is 0.303 e. The molecule has 2 fully saturated rings. The number of carbonyl (C=O) groups is 3. The van der Waals surface area contributed by atoms with E-state index in [4.69, 9.17) is 14.6 Å². The van der Waals surface area contributed by atoms with Crippen LogP contribution >= 0.6 is 0 Å². The summed E-state index contributed by atoms with van der Waals surface area (Å²) in [5.41, 5.74) is -0.359. The van der Waals surface area contributed by atoms with E-state index in [1.165, 1.54) is 0 Å². The van der Waals surface area contributed by atoms with Gasteiger partial charge >= 0.3 is 5.97 Å². The molecule has 0 aromatic rings. The third-order valence-corrected chi connectivity index (χ3v) is 6.96. The Morgan fingerprint density at radius 2 is 1.88 bits per heavy atom. The van der Waals surface area contributed by atoms with E-state index in [0.717, 1.165) is 25.7 Å². The molecule has 9 heteroatoms. The van der Waals surface area contributed by atoms with E-state index in [9.17, 15) is 14.4 Å². The molecule has 2 heterocycles. The molecule has 0 aromatic heterocycles. The van der Waals surface area contributed by atoms with Gasteiger partial charge in [-0.15, -0.1) is 0 Å². The highest BCUT2D eigenvalue weighted by Gasteiger charge is 2.50. The third-order valence-electron chi connectivity index (χ3n) is 6.96. The summed E-state index contributed by atoms with van der Waals surface area (Å²) in [6, 6.07) is -0.217. The second-order valence-corrected chi connectivity index (χ2v) is 9.54. The van der Waals surface area contributed by atoms with Gasteiger partial charge in [0.1, 0.15) is 0 Å². The number of rotatable bonds is 11. The van der Waals surface area contributed by atoms with E-state index in [2.05, 4.69) is 23.3 Å². The number of aliphatic carboxylic acids is 1. The fraction of sp³-hybridized carbons (Fsp3) is 0.750. The lowest BCUT2D eigenvalue weighted by molar-refractivity contribution is -0.137. The second kappa shape index (κ2) is 11.7. The zero-order valence-electron chi connectivity index (χ0n) is 19.7. The molecule has 0 radical (unpaired) electrons. The van der Waals surface area contributed by atoms with Crippen LogP contribution in [0.2, 0.25) is 0 Å². The van der Waals surface area contributed by atoms with E-state index >= 15 is 0 Å². The van der Waals surface area contributed by atoms with Gasteiger partial charge in [0.25, 0.3) is 0 Å². The summed E-state index contributed by atoms with van der Waals surface area (Å²) in [6.45, 7) is 3.94. The lowest BCUT2D eigenvalue weighted by Gasteiger charge is -2.39. The third kappa shape index (κ3) is 6.86. The molecule has 1 saturated carbocycles. The predicted molar refractivity (Wildman–Crippen MR) is 123 cm³/mol. The quantitative estimate of drug-likeness (QED) is 0.451. The summed E-state index contributed by atoms with van der Waals surface area (Å²) in [5.74, 6) is -1.32. The maximum atomic E-state index is 12.9. The van der Waals surface area contributed by atoms with Crippen LogP contribution in [0.3, 0.4) is 0 Å². The largest absolute Gasteiger partial charge is 0.481 e. The Morgan fingerprint density at radius 1 is 1.21 bits per heavy atom. The highest BCUT2D eigenvalue weighted by Crippen LogP contribution is 2.39. The molecule has 2 unspecified atom stereocenters. The number of carbonyl (C=O) groups excluding carboxylic acids is 2. The van der Waals surface area contributed by atoms with Crippen LogP contribution in [0.25, 0.3) is 0 Å². The minimum absolute atomic E-state index is 0.0116. The van der Waals surface area contributed by atoms with Gasteiger partial charge in [-0.05, 0) is 38.2 Å². The lowest BCUT2D eigenvalue weighted by atomic mass is 9.75.